The molecule has 0 aromatic carbocycles. The highest BCUT2D eigenvalue weighted by Crippen LogP contribution is 2.11. The Hall–Kier alpha value is -0.650. The van der Waals surface area contributed by atoms with Gasteiger partial charge in [-0.05, 0) is 32.6 Å². The maximum Gasteiger partial charge on any atom is 0.239 e. The maximum atomic E-state index is 11.8. The Morgan fingerprint density at radius 3 is 2.79 bits per heavy atom. The van der Waals surface area contributed by atoms with E-state index in [1.807, 2.05) is 6.92 Å². The summed E-state index contributed by atoms with van der Waals surface area (Å²) in [7, 11) is 0. The average molecular weight is 272 g/mol. The summed E-state index contributed by atoms with van der Waals surface area (Å²) in [4.78, 5) is 11.8. The fraction of sp³-hybridized carbons (Fsp3) is 0.929. The molecule has 19 heavy (non-hydrogen) atoms. The van der Waals surface area contributed by atoms with E-state index in [1.54, 1.807) is 6.92 Å². The van der Waals surface area contributed by atoms with Crippen molar-refractivity contribution in [2.75, 3.05) is 26.4 Å². The molecule has 3 N–H and O–H groups in total. The molecule has 0 spiro atoms. The molecule has 1 atom stereocenters. The van der Waals surface area contributed by atoms with Crippen molar-refractivity contribution >= 4 is 5.91 Å². The van der Waals surface area contributed by atoms with Crippen LogP contribution < -0.4 is 11.1 Å². The molecule has 1 fully saturated rings. The van der Waals surface area contributed by atoms with Gasteiger partial charge in [0.25, 0.3) is 0 Å². The van der Waals surface area contributed by atoms with Crippen LogP contribution in [-0.4, -0.2) is 43.9 Å². The van der Waals surface area contributed by atoms with E-state index in [2.05, 4.69) is 5.32 Å². The SMILES string of the molecule is CCCC(C)(N)C(=O)NCCCOC1CCOCC1. The predicted octanol–water partition coefficient (Wildman–Crippen LogP) is 1.21. The zero-order valence-electron chi connectivity index (χ0n) is 12.2. The number of hydrogen-bond acceptors (Lipinski definition) is 4. The van der Waals surface area contributed by atoms with Gasteiger partial charge >= 0.3 is 0 Å². The number of carbonyl (C=O) groups excluding carboxylic acids is 1. The molecule has 0 bridgehead atoms. The van der Waals surface area contributed by atoms with E-state index in [0.29, 0.717) is 25.7 Å². The highest BCUT2D eigenvalue weighted by Gasteiger charge is 2.26. The summed E-state index contributed by atoms with van der Waals surface area (Å²) in [6.45, 7) is 6.71. The zero-order valence-corrected chi connectivity index (χ0v) is 12.2. The van der Waals surface area contributed by atoms with Crippen molar-refractivity contribution in [1.82, 2.24) is 5.32 Å². The number of ether oxygens (including phenoxy) is 2. The van der Waals surface area contributed by atoms with Crippen LogP contribution in [0.4, 0.5) is 0 Å². The van der Waals surface area contributed by atoms with Gasteiger partial charge in [0.05, 0.1) is 11.6 Å². The quantitative estimate of drug-likeness (QED) is 0.651. The fourth-order valence-corrected chi connectivity index (χ4v) is 2.20. The summed E-state index contributed by atoms with van der Waals surface area (Å²) in [6.07, 6.45) is 4.72. The first-order chi connectivity index (χ1) is 9.06. The van der Waals surface area contributed by atoms with Crippen molar-refractivity contribution in [1.29, 1.82) is 0 Å². The molecule has 5 heteroatoms. The highest BCUT2D eigenvalue weighted by atomic mass is 16.5. The van der Waals surface area contributed by atoms with Gasteiger partial charge in [0.1, 0.15) is 0 Å². The zero-order chi connectivity index (χ0) is 14.1. The number of carbonyl (C=O) groups is 1. The number of nitrogens with two attached hydrogens (primary N) is 1. The molecule has 0 saturated carbocycles. The second-order valence-electron chi connectivity index (χ2n) is 5.46. The molecule has 0 aliphatic carbocycles. The lowest BCUT2D eigenvalue weighted by molar-refractivity contribution is -0.126. The summed E-state index contributed by atoms with van der Waals surface area (Å²) < 4.78 is 11.0. The summed E-state index contributed by atoms with van der Waals surface area (Å²) in [5.74, 6) is -0.0691. The van der Waals surface area contributed by atoms with Crippen molar-refractivity contribution in [3.8, 4) is 0 Å². The van der Waals surface area contributed by atoms with Crippen molar-refractivity contribution in [2.45, 2.75) is 57.6 Å². The van der Waals surface area contributed by atoms with Gasteiger partial charge in [-0.15, -0.1) is 0 Å². The molecular weight excluding hydrogens is 244 g/mol. The summed E-state index contributed by atoms with van der Waals surface area (Å²) in [5.41, 5.74) is 5.19. The van der Waals surface area contributed by atoms with E-state index in [4.69, 9.17) is 15.2 Å². The minimum atomic E-state index is -0.754. The van der Waals surface area contributed by atoms with E-state index < -0.39 is 5.54 Å². The third-order valence-corrected chi connectivity index (χ3v) is 3.42. The van der Waals surface area contributed by atoms with Crippen LogP contribution in [-0.2, 0) is 14.3 Å². The van der Waals surface area contributed by atoms with Crippen molar-refractivity contribution in [3.05, 3.63) is 0 Å². The smallest absolute Gasteiger partial charge is 0.239 e. The van der Waals surface area contributed by atoms with Crippen LogP contribution in [0.3, 0.4) is 0 Å². The first kappa shape index (κ1) is 16.4. The van der Waals surface area contributed by atoms with Crippen LogP contribution in [0, 0.1) is 0 Å². The topological polar surface area (TPSA) is 73.6 Å². The summed E-state index contributed by atoms with van der Waals surface area (Å²) in [5, 5.41) is 2.88. The molecule has 1 rings (SSSR count). The van der Waals surface area contributed by atoms with E-state index in [0.717, 1.165) is 38.9 Å². The molecule has 1 unspecified atom stereocenters. The van der Waals surface area contributed by atoms with Gasteiger partial charge in [0, 0.05) is 26.4 Å². The van der Waals surface area contributed by atoms with E-state index in [9.17, 15) is 4.79 Å². The van der Waals surface area contributed by atoms with Gasteiger partial charge in [0.15, 0.2) is 0 Å². The van der Waals surface area contributed by atoms with E-state index in [1.165, 1.54) is 0 Å². The number of hydrogen-bond donors (Lipinski definition) is 2. The van der Waals surface area contributed by atoms with Crippen LogP contribution in [0.2, 0.25) is 0 Å². The second kappa shape index (κ2) is 8.51. The Bertz CT molecular complexity index is 263. The molecular formula is C14H28N2O3. The Labute approximate surface area is 116 Å². The minimum absolute atomic E-state index is 0.0691. The number of amides is 1. The van der Waals surface area contributed by atoms with Gasteiger partial charge in [0.2, 0.25) is 5.91 Å². The fourth-order valence-electron chi connectivity index (χ4n) is 2.20. The molecule has 1 saturated heterocycles. The number of nitrogens with one attached hydrogen (secondary N) is 1. The maximum absolute atomic E-state index is 11.8. The lowest BCUT2D eigenvalue weighted by atomic mass is 9.96. The molecule has 1 heterocycles. The minimum Gasteiger partial charge on any atom is -0.381 e. The largest absolute Gasteiger partial charge is 0.381 e. The van der Waals surface area contributed by atoms with Crippen LogP contribution in [0.15, 0.2) is 0 Å². The van der Waals surface area contributed by atoms with Gasteiger partial charge in [-0.25, -0.2) is 0 Å². The summed E-state index contributed by atoms with van der Waals surface area (Å²) >= 11 is 0. The Balaban J connectivity index is 2.05. The number of rotatable bonds is 8. The van der Waals surface area contributed by atoms with Gasteiger partial charge in [-0.1, -0.05) is 13.3 Å². The molecule has 5 nitrogen and oxygen atoms in total. The third-order valence-electron chi connectivity index (χ3n) is 3.42. The van der Waals surface area contributed by atoms with Gasteiger partial charge in [-0.3, -0.25) is 4.79 Å². The first-order valence-electron chi connectivity index (χ1n) is 7.33. The molecule has 1 aliphatic rings. The van der Waals surface area contributed by atoms with Crippen molar-refractivity contribution < 1.29 is 14.3 Å². The van der Waals surface area contributed by atoms with Crippen molar-refractivity contribution in [2.24, 2.45) is 5.73 Å². The lowest BCUT2D eigenvalue weighted by Gasteiger charge is -2.24. The standard InChI is InChI=1S/C14H28N2O3/c1-3-7-14(2,15)13(17)16-8-4-9-19-12-5-10-18-11-6-12/h12H,3-11,15H2,1-2H3,(H,16,17). The Morgan fingerprint density at radius 2 is 2.16 bits per heavy atom. The van der Waals surface area contributed by atoms with E-state index in [-0.39, 0.29) is 5.91 Å². The molecule has 1 amide bonds. The monoisotopic (exact) mass is 272 g/mol. The van der Waals surface area contributed by atoms with Crippen LogP contribution in [0.5, 0.6) is 0 Å². The van der Waals surface area contributed by atoms with Crippen LogP contribution in [0.1, 0.15) is 46.0 Å². The average Bonchev–Trinajstić information content (AvgIpc) is 2.39. The highest BCUT2D eigenvalue weighted by molar-refractivity contribution is 5.85. The van der Waals surface area contributed by atoms with E-state index >= 15 is 0 Å². The second-order valence-corrected chi connectivity index (χ2v) is 5.46. The first-order valence-corrected chi connectivity index (χ1v) is 7.33. The molecule has 0 aromatic rings. The predicted molar refractivity (Wildman–Crippen MR) is 74.9 cm³/mol. The van der Waals surface area contributed by atoms with Crippen LogP contribution >= 0.6 is 0 Å². The van der Waals surface area contributed by atoms with Crippen molar-refractivity contribution in [3.63, 3.8) is 0 Å². The molecule has 0 radical (unpaired) electrons. The third kappa shape index (κ3) is 6.36. The normalized spacial score (nSPS) is 19.9. The molecule has 112 valence electrons. The Morgan fingerprint density at radius 1 is 1.47 bits per heavy atom. The van der Waals surface area contributed by atoms with Gasteiger partial charge in [-0.2, -0.15) is 0 Å². The Kier molecular flexibility index (Phi) is 7.34. The van der Waals surface area contributed by atoms with Gasteiger partial charge < -0.3 is 20.5 Å². The summed E-state index contributed by atoms with van der Waals surface area (Å²) in [6, 6.07) is 0. The molecule has 1 aliphatic heterocycles. The lowest BCUT2D eigenvalue weighted by Crippen LogP contribution is -2.51. The molecule has 0 aromatic heterocycles. The van der Waals surface area contributed by atoms with Crippen LogP contribution in [0.25, 0.3) is 0 Å².